The van der Waals surface area contributed by atoms with Gasteiger partial charge in [-0.25, -0.2) is 0 Å². The number of likely N-dealkylation sites (N-methyl/N-ethyl adjacent to an activating group) is 1. The number of unbranched alkanes of at least 4 members (excludes halogenated alkanes) is 1. The highest BCUT2D eigenvalue weighted by atomic mass is 16.5. The molecule has 0 heterocycles. The van der Waals surface area contributed by atoms with E-state index in [9.17, 15) is 0 Å². The molecule has 15 heavy (non-hydrogen) atoms. The first-order valence-corrected chi connectivity index (χ1v) is 6.44. The predicted octanol–water partition coefficient (Wildman–Crippen LogP) is 3.22. The normalized spacial score (nSPS) is 17.4. The topological polar surface area (TPSA) is 21.3 Å². The molecule has 0 aliphatic heterocycles. The van der Waals surface area contributed by atoms with E-state index in [1.807, 2.05) is 7.05 Å². The van der Waals surface area contributed by atoms with E-state index < -0.39 is 0 Å². The van der Waals surface area contributed by atoms with Crippen LogP contribution < -0.4 is 5.32 Å². The van der Waals surface area contributed by atoms with E-state index in [-0.39, 0.29) is 0 Å². The fourth-order valence-corrected chi connectivity index (χ4v) is 1.57. The van der Waals surface area contributed by atoms with Crippen LogP contribution in [-0.4, -0.2) is 25.8 Å². The summed E-state index contributed by atoms with van der Waals surface area (Å²) in [5.41, 5.74) is 0. The summed E-state index contributed by atoms with van der Waals surface area (Å²) in [5, 5.41) is 3.22. The molecular weight excluding hydrogens is 186 g/mol. The van der Waals surface area contributed by atoms with Crippen LogP contribution in [0.5, 0.6) is 0 Å². The summed E-state index contributed by atoms with van der Waals surface area (Å²) >= 11 is 0. The first-order valence-electron chi connectivity index (χ1n) is 6.44. The molecule has 1 N–H and O–H groups in total. The van der Waals surface area contributed by atoms with E-state index in [1.54, 1.807) is 0 Å². The third kappa shape index (κ3) is 6.91. The maximum absolute atomic E-state index is 5.88. The highest BCUT2D eigenvalue weighted by Gasteiger charge is 2.13. The minimum absolute atomic E-state index is 0.311. The number of ether oxygens (including phenoxy) is 1. The van der Waals surface area contributed by atoms with Crippen LogP contribution in [0.4, 0.5) is 0 Å². The number of hydrogen-bond acceptors (Lipinski definition) is 2. The molecule has 0 aliphatic rings. The van der Waals surface area contributed by atoms with Gasteiger partial charge >= 0.3 is 0 Å². The number of hydrogen-bond donors (Lipinski definition) is 1. The van der Waals surface area contributed by atoms with Gasteiger partial charge in [0.15, 0.2) is 0 Å². The molecule has 0 saturated heterocycles. The summed E-state index contributed by atoms with van der Waals surface area (Å²) in [5.74, 6) is 0.747. The van der Waals surface area contributed by atoms with Crippen LogP contribution in [-0.2, 0) is 4.74 Å². The van der Waals surface area contributed by atoms with E-state index in [4.69, 9.17) is 4.74 Å². The summed E-state index contributed by atoms with van der Waals surface area (Å²) in [6, 6.07) is 0.439. The minimum Gasteiger partial charge on any atom is -0.377 e. The Morgan fingerprint density at radius 1 is 1.20 bits per heavy atom. The zero-order valence-electron chi connectivity index (χ0n) is 11.2. The Morgan fingerprint density at radius 3 is 2.33 bits per heavy atom. The average molecular weight is 215 g/mol. The van der Waals surface area contributed by atoms with Gasteiger partial charge in [0.25, 0.3) is 0 Å². The standard InChI is InChI=1S/C13H29NO/c1-6-8-9-13(7-2)10-15-12(4)11(3)14-5/h11-14H,6-10H2,1-5H3. The molecule has 0 saturated carbocycles. The highest BCUT2D eigenvalue weighted by molar-refractivity contribution is 4.66. The molecular formula is C13H29NO. The molecule has 0 aromatic heterocycles. The van der Waals surface area contributed by atoms with Gasteiger partial charge in [-0.1, -0.05) is 33.1 Å². The third-order valence-electron chi connectivity index (χ3n) is 3.30. The lowest BCUT2D eigenvalue weighted by Gasteiger charge is -2.23. The lowest BCUT2D eigenvalue weighted by atomic mass is 10.0. The summed E-state index contributed by atoms with van der Waals surface area (Å²) in [4.78, 5) is 0. The van der Waals surface area contributed by atoms with Gasteiger partial charge in [0.05, 0.1) is 6.10 Å². The van der Waals surface area contributed by atoms with Gasteiger partial charge in [-0.05, 0) is 33.2 Å². The Hall–Kier alpha value is -0.0800. The van der Waals surface area contributed by atoms with Crippen LogP contribution in [0.25, 0.3) is 0 Å². The monoisotopic (exact) mass is 215 g/mol. The first kappa shape index (κ1) is 14.9. The lowest BCUT2D eigenvalue weighted by molar-refractivity contribution is 0.0195. The van der Waals surface area contributed by atoms with E-state index in [0.717, 1.165) is 12.5 Å². The van der Waals surface area contributed by atoms with Crippen LogP contribution >= 0.6 is 0 Å². The van der Waals surface area contributed by atoms with Gasteiger partial charge < -0.3 is 10.1 Å². The molecule has 92 valence electrons. The third-order valence-corrected chi connectivity index (χ3v) is 3.30. The van der Waals surface area contributed by atoms with Crippen molar-refractivity contribution in [1.29, 1.82) is 0 Å². The van der Waals surface area contributed by atoms with Crippen molar-refractivity contribution in [3.63, 3.8) is 0 Å². The van der Waals surface area contributed by atoms with Gasteiger partial charge in [-0.3, -0.25) is 0 Å². The van der Waals surface area contributed by atoms with Gasteiger partial charge in [0, 0.05) is 12.6 Å². The minimum atomic E-state index is 0.311. The fourth-order valence-electron chi connectivity index (χ4n) is 1.57. The van der Waals surface area contributed by atoms with Crippen molar-refractivity contribution in [3.8, 4) is 0 Å². The van der Waals surface area contributed by atoms with E-state index in [0.29, 0.717) is 12.1 Å². The predicted molar refractivity (Wildman–Crippen MR) is 67.2 cm³/mol. The molecule has 0 aromatic rings. The molecule has 2 nitrogen and oxygen atoms in total. The average Bonchev–Trinajstić information content (AvgIpc) is 2.27. The lowest BCUT2D eigenvalue weighted by Crippen LogP contribution is -2.35. The van der Waals surface area contributed by atoms with Gasteiger partial charge in [0.1, 0.15) is 0 Å². The number of rotatable bonds is 9. The zero-order chi connectivity index (χ0) is 11.7. The highest BCUT2D eigenvalue weighted by Crippen LogP contribution is 2.14. The summed E-state index contributed by atoms with van der Waals surface area (Å²) in [6.07, 6.45) is 5.48. The van der Waals surface area contributed by atoms with Crippen molar-refractivity contribution in [2.24, 2.45) is 5.92 Å². The second-order valence-corrected chi connectivity index (χ2v) is 4.53. The maximum atomic E-state index is 5.88. The Labute approximate surface area is 95.8 Å². The molecule has 0 fully saturated rings. The Kier molecular flexibility index (Phi) is 9.12. The van der Waals surface area contributed by atoms with E-state index in [1.165, 1.54) is 25.7 Å². The molecule has 0 spiro atoms. The van der Waals surface area contributed by atoms with Crippen LogP contribution in [0, 0.1) is 5.92 Å². The van der Waals surface area contributed by atoms with Gasteiger partial charge in [-0.15, -0.1) is 0 Å². The molecule has 0 amide bonds. The second-order valence-electron chi connectivity index (χ2n) is 4.53. The van der Waals surface area contributed by atoms with Gasteiger partial charge in [-0.2, -0.15) is 0 Å². The zero-order valence-corrected chi connectivity index (χ0v) is 11.2. The van der Waals surface area contributed by atoms with Crippen molar-refractivity contribution in [2.75, 3.05) is 13.7 Å². The molecule has 0 rings (SSSR count). The quantitative estimate of drug-likeness (QED) is 0.637. The SMILES string of the molecule is CCCCC(CC)COC(C)C(C)NC. The molecule has 3 unspecified atom stereocenters. The first-order chi connectivity index (χ1) is 7.15. The summed E-state index contributed by atoms with van der Waals surface area (Å²) in [7, 11) is 1.99. The molecule has 0 radical (unpaired) electrons. The van der Waals surface area contributed by atoms with Crippen LogP contribution in [0.2, 0.25) is 0 Å². The fraction of sp³-hybridized carbons (Fsp3) is 1.00. The van der Waals surface area contributed by atoms with Crippen LogP contribution in [0.15, 0.2) is 0 Å². The largest absolute Gasteiger partial charge is 0.377 e. The van der Waals surface area contributed by atoms with E-state index in [2.05, 4.69) is 33.0 Å². The molecule has 0 bridgehead atoms. The number of nitrogens with one attached hydrogen (secondary N) is 1. The van der Waals surface area contributed by atoms with Crippen molar-refractivity contribution < 1.29 is 4.74 Å². The van der Waals surface area contributed by atoms with Crippen LogP contribution in [0.3, 0.4) is 0 Å². The smallest absolute Gasteiger partial charge is 0.0697 e. The molecule has 3 atom stereocenters. The molecule has 0 aromatic carbocycles. The Morgan fingerprint density at radius 2 is 1.87 bits per heavy atom. The van der Waals surface area contributed by atoms with Crippen molar-refractivity contribution >= 4 is 0 Å². The van der Waals surface area contributed by atoms with Crippen molar-refractivity contribution in [2.45, 2.75) is 65.5 Å². The Balaban J connectivity index is 3.69. The molecule has 2 heteroatoms. The van der Waals surface area contributed by atoms with Gasteiger partial charge in [0.2, 0.25) is 0 Å². The summed E-state index contributed by atoms with van der Waals surface area (Å²) in [6.45, 7) is 9.74. The Bertz CT molecular complexity index is 138. The summed E-state index contributed by atoms with van der Waals surface area (Å²) < 4.78 is 5.88. The molecule has 0 aliphatic carbocycles. The maximum Gasteiger partial charge on any atom is 0.0697 e. The second kappa shape index (κ2) is 9.17. The van der Waals surface area contributed by atoms with Crippen molar-refractivity contribution in [1.82, 2.24) is 5.32 Å². The van der Waals surface area contributed by atoms with Crippen LogP contribution in [0.1, 0.15) is 53.4 Å². The van der Waals surface area contributed by atoms with Crippen molar-refractivity contribution in [3.05, 3.63) is 0 Å². The van der Waals surface area contributed by atoms with E-state index >= 15 is 0 Å².